The minimum atomic E-state index is -0.223. The third-order valence-corrected chi connectivity index (χ3v) is 5.66. The molecule has 2 heterocycles. The molecule has 25 heavy (non-hydrogen) atoms. The molecule has 0 radical (unpaired) electrons. The van der Waals surface area contributed by atoms with E-state index in [-0.39, 0.29) is 18.1 Å². The molecule has 4 rings (SSSR count). The molecule has 1 saturated carbocycles. The Kier molecular flexibility index (Phi) is 3.76. The number of hydrogen-bond donors (Lipinski definition) is 1. The van der Waals surface area contributed by atoms with Crippen LogP contribution in [0.3, 0.4) is 0 Å². The summed E-state index contributed by atoms with van der Waals surface area (Å²) >= 11 is 0. The molecule has 1 aromatic heterocycles. The summed E-state index contributed by atoms with van der Waals surface area (Å²) in [6.45, 7) is 2.01. The Morgan fingerprint density at radius 1 is 1.24 bits per heavy atom. The first-order chi connectivity index (χ1) is 12.1. The maximum atomic E-state index is 13.3. The van der Waals surface area contributed by atoms with E-state index in [2.05, 4.69) is 11.4 Å². The summed E-state index contributed by atoms with van der Waals surface area (Å²) in [6, 6.07) is 12.1. The second kappa shape index (κ2) is 5.96. The van der Waals surface area contributed by atoms with Crippen LogP contribution in [-0.2, 0) is 7.05 Å². The number of rotatable bonds is 2. The number of amides is 1. The molecule has 0 saturated heterocycles. The van der Waals surface area contributed by atoms with Gasteiger partial charge in [-0.15, -0.1) is 0 Å². The molecular formula is C20H22N4O. The number of nitrogens with zero attached hydrogens (tertiary/aromatic N) is 3. The first-order valence-corrected chi connectivity index (χ1v) is 8.86. The third-order valence-electron chi connectivity index (χ3n) is 5.66. The topological polar surface area (TPSA) is 61.1 Å². The Labute approximate surface area is 147 Å². The van der Waals surface area contributed by atoms with Crippen LogP contribution in [0.4, 0.5) is 5.69 Å². The van der Waals surface area contributed by atoms with E-state index in [9.17, 15) is 10.1 Å². The van der Waals surface area contributed by atoms with Gasteiger partial charge in [-0.25, -0.2) is 0 Å². The number of nitrogens with one attached hydrogen (secondary N) is 1. The lowest BCUT2D eigenvalue weighted by Crippen LogP contribution is -2.48. The van der Waals surface area contributed by atoms with Crippen molar-refractivity contribution in [3.05, 3.63) is 52.8 Å². The predicted molar refractivity (Wildman–Crippen MR) is 96.1 cm³/mol. The Bertz CT molecular complexity index is 870. The van der Waals surface area contributed by atoms with Gasteiger partial charge in [-0.2, -0.15) is 5.26 Å². The lowest BCUT2D eigenvalue weighted by Gasteiger charge is -2.41. The van der Waals surface area contributed by atoms with Crippen LogP contribution in [0.25, 0.3) is 0 Å². The molecular weight excluding hydrogens is 312 g/mol. The van der Waals surface area contributed by atoms with Crippen molar-refractivity contribution in [3.8, 4) is 6.07 Å². The zero-order valence-corrected chi connectivity index (χ0v) is 14.6. The van der Waals surface area contributed by atoms with Crippen molar-refractivity contribution in [2.75, 3.05) is 5.32 Å². The van der Waals surface area contributed by atoms with E-state index in [1.54, 1.807) is 0 Å². The van der Waals surface area contributed by atoms with Gasteiger partial charge in [0.1, 0.15) is 17.9 Å². The summed E-state index contributed by atoms with van der Waals surface area (Å²) in [6.07, 6.45) is 4.20. The highest BCUT2D eigenvalue weighted by molar-refractivity contribution is 6.02. The van der Waals surface area contributed by atoms with Crippen molar-refractivity contribution >= 4 is 11.6 Å². The van der Waals surface area contributed by atoms with E-state index in [1.165, 1.54) is 12.8 Å². The molecule has 0 bridgehead atoms. The van der Waals surface area contributed by atoms with E-state index >= 15 is 0 Å². The highest BCUT2D eigenvalue weighted by Crippen LogP contribution is 2.39. The number of benzene rings is 1. The van der Waals surface area contributed by atoms with Crippen molar-refractivity contribution in [2.24, 2.45) is 7.05 Å². The van der Waals surface area contributed by atoms with E-state index < -0.39 is 0 Å². The highest BCUT2D eigenvalue weighted by atomic mass is 16.2. The molecule has 1 aliphatic carbocycles. The summed E-state index contributed by atoms with van der Waals surface area (Å²) in [5.74, 6) is 0.0908. The number of fused-ring (bicyclic) bond motifs is 1. The molecule has 5 heteroatoms. The molecule has 1 aliphatic heterocycles. The molecule has 1 aromatic carbocycles. The van der Waals surface area contributed by atoms with Crippen LogP contribution in [-0.4, -0.2) is 21.4 Å². The van der Waals surface area contributed by atoms with Crippen LogP contribution in [0.5, 0.6) is 0 Å². The number of aromatic nitrogens is 1. The first-order valence-electron chi connectivity index (χ1n) is 8.86. The minimum Gasteiger partial charge on any atom is -0.361 e. The fourth-order valence-corrected chi connectivity index (χ4v) is 4.16. The monoisotopic (exact) mass is 334 g/mol. The summed E-state index contributed by atoms with van der Waals surface area (Å²) < 4.78 is 1.90. The zero-order valence-electron chi connectivity index (χ0n) is 14.6. The molecule has 1 N–H and O–H groups in total. The third kappa shape index (κ3) is 2.41. The van der Waals surface area contributed by atoms with Crippen LogP contribution >= 0.6 is 0 Å². The predicted octanol–water partition coefficient (Wildman–Crippen LogP) is 3.71. The molecule has 1 fully saturated rings. The van der Waals surface area contributed by atoms with Gasteiger partial charge in [-0.1, -0.05) is 25.0 Å². The standard InChI is InChI=1S/C20H22N4O/c1-13-17(11-15(12-21)23(13)2)19-22-18-10-6-5-9-16(18)20(25)24(19)14-7-3-4-8-14/h5-6,9-11,14,19,22H,3-4,7-8H2,1-2H3/t19-/m0/s1. The van der Waals surface area contributed by atoms with Gasteiger partial charge in [-0.3, -0.25) is 4.79 Å². The van der Waals surface area contributed by atoms with Gasteiger partial charge in [0.05, 0.1) is 5.56 Å². The average Bonchev–Trinajstić information content (AvgIpc) is 3.24. The summed E-state index contributed by atoms with van der Waals surface area (Å²) in [5, 5.41) is 12.9. The number of hydrogen-bond acceptors (Lipinski definition) is 3. The van der Waals surface area contributed by atoms with Gasteiger partial charge in [-0.05, 0) is 38.0 Å². The Hall–Kier alpha value is -2.74. The quantitative estimate of drug-likeness (QED) is 0.910. The lowest BCUT2D eigenvalue weighted by molar-refractivity contribution is 0.0584. The van der Waals surface area contributed by atoms with Crippen LogP contribution in [0.15, 0.2) is 30.3 Å². The number of anilines is 1. The molecule has 0 unspecified atom stereocenters. The molecule has 0 spiro atoms. The maximum absolute atomic E-state index is 13.3. The summed E-state index contributed by atoms with van der Waals surface area (Å²) in [7, 11) is 1.90. The molecule has 5 nitrogen and oxygen atoms in total. The van der Waals surface area contributed by atoms with Crippen LogP contribution in [0.2, 0.25) is 0 Å². The molecule has 2 aliphatic rings. The van der Waals surface area contributed by atoms with Crippen molar-refractivity contribution in [2.45, 2.75) is 44.8 Å². The molecule has 2 aromatic rings. The number of nitriles is 1. The van der Waals surface area contributed by atoms with Crippen molar-refractivity contribution in [1.82, 2.24) is 9.47 Å². The van der Waals surface area contributed by atoms with E-state index in [1.807, 2.05) is 53.8 Å². The van der Waals surface area contributed by atoms with Gasteiger partial charge in [0.15, 0.2) is 0 Å². The van der Waals surface area contributed by atoms with Crippen molar-refractivity contribution < 1.29 is 4.79 Å². The smallest absolute Gasteiger partial charge is 0.258 e. The Morgan fingerprint density at radius 3 is 2.64 bits per heavy atom. The fraction of sp³-hybridized carbons (Fsp3) is 0.400. The Balaban J connectivity index is 1.84. The van der Waals surface area contributed by atoms with Crippen LogP contribution in [0.1, 0.15) is 59.2 Å². The van der Waals surface area contributed by atoms with Crippen molar-refractivity contribution in [3.63, 3.8) is 0 Å². The second-order valence-electron chi connectivity index (χ2n) is 6.98. The highest BCUT2D eigenvalue weighted by Gasteiger charge is 2.39. The molecule has 1 atom stereocenters. The van der Waals surface area contributed by atoms with Crippen molar-refractivity contribution in [1.29, 1.82) is 5.26 Å². The van der Waals surface area contributed by atoms with Gasteiger partial charge >= 0.3 is 0 Å². The normalized spacial score (nSPS) is 20.3. The van der Waals surface area contributed by atoms with E-state index in [0.717, 1.165) is 35.3 Å². The number of carbonyl (C=O) groups is 1. The largest absolute Gasteiger partial charge is 0.361 e. The van der Waals surface area contributed by atoms with Gasteiger partial charge < -0.3 is 14.8 Å². The van der Waals surface area contributed by atoms with Gasteiger partial charge in [0.2, 0.25) is 0 Å². The SMILES string of the molecule is Cc1c([C@H]2Nc3ccccc3C(=O)N2C2CCCC2)cc(C#N)n1C. The maximum Gasteiger partial charge on any atom is 0.258 e. The van der Waals surface area contributed by atoms with E-state index in [4.69, 9.17) is 0 Å². The number of carbonyl (C=O) groups excluding carboxylic acids is 1. The van der Waals surface area contributed by atoms with Crippen LogP contribution < -0.4 is 5.32 Å². The summed E-state index contributed by atoms with van der Waals surface area (Å²) in [5.41, 5.74) is 4.25. The minimum absolute atomic E-state index is 0.0908. The van der Waals surface area contributed by atoms with E-state index in [0.29, 0.717) is 5.69 Å². The average molecular weight is 334 g/mol. The number of para-hydroxylation sites is 1. The Morgan fingerprint density at radius 2 is 1.96 bits per heavy atom. The molecule has 128 valence electrons. The van der Waals surface area contributed by atoms with Gasteiger partial charge in [0.25, 0.3) is 5.91 Å². The lowest BCUT2D eigenvalue weighted by atomic mass is 10.0. The van der Waals surface area contributed by atoms with Gasteiger partial charge in [0, 0.05) is 30.0 Å². The first kappa shape index (κ1) is 15.8. The van der Waals surface area contributed by atoms with Crippen LogP contribution in [0, 0.1) is 18.3 Å². The second-order valence-corrected chi connectivity index (χ2v) is 6.98. The zero-order chi connectivity index (χ0) is 17.6. The summed E-state index contributed by atoms with van der Waals surface area (Å²) in [4.78, 5) is 15.3. The fourth-order valence-electron chi connectivity index (χ4n) is 4.16. The molecule has 1 amide bonds.